The molecule has 0 fully saturated rings. The van der Waals surface area contributed by atoms with Crippen molar-refractivity contribution >= 4 is 24.0 Å². The van der Waals surface area contributed by atoms with Gasteiger partial charge >= 0.3 is 0 Å². The number of nitrogens with zero attached hydrogens (tertiary/aromatic N) is 1. The van der Waals surface area contributed by atoms with Gasteiger partial charge in [0.05, 0.1) is 7.11 Å². The minimum absolute atomic E-state index is 0. The van der Waals surface area contributed by atoms with Gasteiger partial charge in [0.15, 0.2) is 0 Å². The zero-order chi connectivity index (χ0) is 12.3. The number of ether oxygens (including phenoxy) is 1. The third-order valence-corrected chi connectivity index (χ3v) is 2.61. The van der Waals surface area contributed by atoms with Crippen molar-refractivity contribution in [3.05, 3.63) is 48.2 Å². The summed E-state index contributed by atoms with van der Waals surface area (Å²) >= 11 is 0. The molecule has 0 saturated carbocycles. The van der Waals surface area contributed by atoms with Crippen LogP contribution < -0.4 is 15.4 Å². The molecule has 4 nitrogen and oxygen atoms in total. The predicted molar refractivity (Wildman–Crippen MR) is 74.0 cm³/mol. The first-order chi connectivity index (χ1) is 8.20. The van der Waals surface area contributed by atoms with Crippen LogP contribution in [0.4, 0.5) is 5.69 Å². The molecule has 96 valence electrons. The maximum Gasteiger partial charge on any atom is 0.248 e. The largest absolute Gasteiger partial charge is 0.497 e. The van der Waals surface area contributed by atoms with Crippen LogP contribution in [0.25, 0.3) is 0 Å². The molecule has 1 aliphatic rings. The van der Waals surface area contributed by atoms with Gasteiger partial charge in [-0.25, -0.2) is 0 Å². The fraction of sp³-hybridized carbons (Fsp3) is 0.154. The molecule has 1 aliphatic heterocycles. The molecule has 0 radical (unpaired) electrons. The lowest BCUT2D eigenvalue weighted by molar-refractivity contribution is -0.114. The molecule has 0 aliphatic carbocycles. The third kappa shape index (κ3) is 3.05. The lowest BCUT2D eigenvalue weighted by atomic mass is 10.1. The average Bonchev–Trinajstić information content (AvgIpc) is 2.39. The average molecular weight is 267 g/mol. The number of carbonyl (C=O) groups excluding carboxylic acids is 1. The van der Waals surface area contributed by atoms with E-state index in [0.29, 0.717) is 12.1 Å². The second kappa shape index (κ2) is 6.12. The van der Waals surface area contributed by atoms with Crippen molar-refractivity contribution in [2.24, 2.45) is 5.73 Å². The van der Waals surface area contributed by atoms with Crippen molar-refractivity contribution < 1.29 is 9.53 Å². The van der Waals surface area contributed by atoms with E-state index in [1.165, 1.54) is 0 Å². The number of anilines is 1. The quantitative estimate of drug-likeness (QED) is 0.909. The molecule has 2 N–H and O–H groups in total. The fourth-order valence-electron chi connectivity index (χ4n) is 1.66. The highest BCUT2D eigenvalue weighted by atomic mass is 35.5. The van der Waals surface area contributed by atoms with Crippen LogP contribution in [0.15, 0.2) is 48.2 Å². The van der Waals surface area contributed by atoms with Crippen LogP contribution >= 0.6 is 12.4 Å². The second-order valence-corrected chi connectivity index (χ2v) is 3.69. The van der Waals surface area contributed by atoms with E-state index in [4.69, 9.17) is 10.5 Å². The highest BCUT2D eigenvalue weighted by Crippen LogP contribution is 2.23. The molecule has 5 heteroatoms. The number of amides is 1. The summed E-state index contributed by atoms with van der Waals surface area (Å²) in [6, 6.07) is 7.74. The summed E-state index contributed by atoms with van der Waals surface area (Å²) < 4.78 is 5.16. The van der Waals surface area contributed by atoms with E-state index in [2.05, 4.69) is 0 Å². The molecule has 0 aromatic heterocycles. The zero-order valence-electron chi connectivity index (χ0n) is 10.00. The first-order valence-electron chi connectivity index (χ1n) is 5.29. The van der Waals surface area contributed by atoms with Crippen molar-refractivity contribution in [2.45, 2.75) is 0 Å². The molecule has 0 spiro atoms. The Hall–Kier alpha value is -1.94. The van der Waals surface area contributed by atoms with Crippen LogP contribution in [0.2, 0.25) is 0 Å². The zero-order valence-corrected chi connectivity index (χ0v) is 10.8. The minimum atomic E-state index is -0.397. The number of benzene rings is 1. The number of hydrogen-bond donors (Lipinski definition) is 1. The number of halogens is 1. The molecular formula is C13H15ClN2O2. The van der Waals surface area contributed by atoms with Gasteiger partial charge in [0.1, 0.15) is 5.75 Å². The van der Waals surface area contributed by atoms with Crippen LogP contribution in [-0.4, -0.2) is 19.6 Å². The topological polar surface area (TPSA) is 55.6 Å². The first kappa shape index (κ1) is 14.1. The molecule has 0 saturated heterocycles. The summed E-state index contributed by atoms with van der Waals surface area (Å²) in [5.74, 6) is 0.409. The normalized spacial score (nSPS) is 13.6. The first-order valence-corrected chi connectivity index (χ1v) is 5.29. The van der Waals surface area contributed by atoms with Gasteiger partial charge in [-0.05, 0) is 18.2 Å². The van der Waals surface area contributed by atoms with E-state index in [1.807, 2.05) is 41.4 Å². The summed E-state index contributed by atoms with van der Waals surface area (Å²) in [4.78, 5) is 13.0. The van der Waals surface area contributed by atoms with E-state index in [0.717, 1.165) is 11.4 Å². The van der Waals surface area contributed by atoms with Gasteiger partial charge in [-0.2, -0.15) is 0 Å². The van der Waals surface area contributed by atoms with Crippen LogP contribution in [0.1, 0.15) is 0 Å². The molecular weight excluding hydrogens is 252 g/mol. The number of nitrogens with two attached hydrogens (primary N) is 1. The van der Waals surface area contributed by atoms with Crippen LogP contribution in [0.5, 0.6) is 5.75 Å². The van der Waals surface area contributed by atoms with Gasteiger partial charge in [-0.3, -0.25) is 4.79 Å². The van der Waals surface area contributed by atoms with E-state index in [-0.39, 0.29) is 12.4 Å². The number of methoxy groups -OCH3 is 1. The molecule has 0 bridgehead atoms. The van der Waals surface area contributed by atoms with Crippen molar-refractivity contribution in [1.82, 2.24) is 0 Å². The van der Waals surface area contributed by atoms with Crippen molar-refractivity contribution in [2.75, 3.05) is 18.6 Å². The molecule has 0 atom stereocenters. The third-order valence-electron chi connectivity index (χ3n) is 2.61. The Morgan fingerprint density at radius 1 is 1.44 bits per heavy atom. The molecule has 2 rings (SSSR count). The van der Waals surface area contributed by atoms with E-state index >= 15 is 0 Å². The molecule has 1 heterocycles. The highest BCUT2D eigenvalue weighted by Gasteiger charge is 2.10. The summed E-state index contributed by atoms with van der Waals surface area (Å²) in [5.41, 5.74) is 6.76. The smallest absolute Gasteiger partial charge is 0.248 e. The maximum atomic E-state index is 11.0. The van der Waals surface area contributed by atoms with Gasteiger partial charge < -0.3 is 15.4 Å². The van der Waals surface area contributed by atoms with Crippen molar-refractivity contribution in [3.8, 4) is 5.75 Å². The number of rotatable bonds is 3. The van der Waals surface area contributed by atoms with E-state index < -0.39 is 5.91 Å². The fourth-order valence-corrected chi connectivity index (χ4v) is 1.66. The Labute approximate surface area is 112 Å². The van der Waals surface area contributed by atoms with Gasteiger partial charge in [0.25, 0.3) is 0 Å². The van der Waals surface area contributed by atoms with E-state index in [9.17, 15) is 4.79 Å². The maximum absolute atomic E-state index is 11.0. The SMILES string of the molecule is COc1cccc(N2C=CC(C(N)=O)=CC2)c1.Cl. The second-order valence-electron chi connectivity index (χ2n) is 3.69. The Balaban J connectivity index is 0.00000162. The lowest BCUT2D eigenvalue weighted by Crippen LogP contribution is -2.23. The Morgan fingerprint density at radius 3 is 2.78 bits per heavy atom. The van der Waals surface area contributed by atoms with Crippen molar-refractivity contribution in [3.63, 3.8) is 0 Å². The van der Waals surface area contributed by atoms with Gasteiger partial charge in [0, 0.05) is 30.1 Å². The van der Waals surface area contributed by atoms with Crippen LogP contribution in [-0.2, 0) is 4.79 Å². The number of carbonyl (C=O) groups is 1. The monoisotopic (exact) mass is 266 g/mol. The summed E-state index contributed by atoms with van der Waals surface area (Å²) in [6.45, 7) is 0.627. The van der Waals surface area contributed by atoms with Gasteiger partial charge in [-0.1, -0.05) is 12.1 Å². The van der Waals surface area contributed by atoms with Crippen LogP contribution in [0.3, 0.4) is 0 Å². The number of hydrogen-bond acceptors (Lipinski definition) is 3. The summed E-state index contributed by atoms with van der Waals surface area (Å²) in [5, 5.41) is 0. The summed E-state index contributed by atoms with van der Waals surface area (Å²) in [6.07, 6.45) is 5.36. The lowest BCUT2D eigenvalue weighted by Gasteiger charge is -2.22. The van der Waals surface area contributed by atoms with Crippen LogP contribution in [0, 0.1) is 0 Å². The van der Waals surface area contributed by atoms with Gasteiger partial charge in [-0.15, -0.1) is 12.4 Å². The predicted octanol–water partition coefficient (Wildman–Crippen LogP) is 1.86. The molecule has 1 amide bonds. The summed E-state index contributed by atoms with van der Waals surface area (Å²) in [7, 11) is 1.64. The molecule has 0 unspecified atom stereocenters. The van der Waals surface area contributed by atoms with Gasteiger partial charge in [0.2, 0.25) is 5.91 Å². The molecule has 18 heavy (non-hydrogen) atoms. The number of primary amides is 1. The molecule has 1 aromatic carbocycles. The highest BCUT2D eigenvalue weighted by molar-refractivity contribution is 5.95. The Morgan fingerprint density at radius 2 is 2.22 bits per heavy atom. The minimum Gasteiger partial charge on any atom is -0.497 e. The Bertz CT molecular complexity index is 498. The Kier molecular flexibility index (Phi) is 4.80. The standard InChI is InChI=1S/C13H14N2O2.ClH/c1-17-12-4-2-3-11(9-12)15-7-5-10(6-8-15)13(14)16;/h2-7,9H,8H2,1H3,(H2,14,16);1H. The van der Waals surface area contributed by atoms with Crippen molar-refractivity contribution in [1.29, 1.82) is 0 Å². The molecule has 1 aromatic rings. The van der Waals surface area contributed by atoms with E-state index in [1.54, 1.807) is 13.2 Å².